The molecular formula is C10H12F3NO4. The van der Waals surface area contributed by atoms with E-state index in [4.69, 9.17) is 5.11 Å². The molecule has 0 radical (unpaired) electrons. The zero-order valence-electron chi connectivity index (χ0n) is 9.28. The second-order valence-corrected chi connectivity index (χ2v) is 4.83. The summed E-state index contributed by atoms with van der Waals surface area (Å²) in [6.07, 6.45) is -5.18. The van der Waals surface area contributed by atoms with Gasteiger partial charge in [-0.25, -0.2) is 0 Å². The number of hydrogen-bond acceptors (Lipinski definition) is 3. The molecule has 3 atom stereocenters. The second-order valence-electron chi connectivity index (χ2n) is 4.83. The summed E-state index contributed by atoms with van der Waals surface area (Å²) < 4.78 is 37.6. The van der Waals surface area contributed by atoms with Gasteiger partial charge in [0.1, 0.15) is 0 Å². The van der Waals surface area contributed by atoms with E-state index in [2.05, 4.69) is 0 Å². The van der Waals surface area contributed by atoms with Crippen LogP contribution < -0.4 is 0 Å². The van der Waals surface area contributed by atoms with Crippen molar-refractivity contribution in [1.29, 1.82) is 0 Å². The zero-order valence-corrected chi connectivity index (χ0v) is 9.28. The fourth-order valence-corrected chi connectivity index (χ4v) is 2.19. The molecule has 1 saturated carbocycles. The minimum atomic E-state index is -4.78. The van der Waals surface area contributed by atoms with E-state index in [-0.39, 0.29) is 13.0 Å². The number of β-amino-alcohol motifs (C(OH)–C–C–N with tert-alkyl or cyclic N) is 1. The first kappa shape index (κ1) is 13.1. The van der Waals surface area contributed by atoms with Gasteiger partial charge < -0.3 is 15.1 Å². The molecule has 102 valence electrons. The maximum absolute atomic E-state index is 12.5. The summed E-state index contributed by atoms with van der Waals surface area (Å²) in [4.78, 5) is 23.2. The van der Waals surface area contributed by atoms with Gasteiger partial charge in [0.15, 0.2) is 5.60 Å². The van der Waals surface area contributed by atoms with Crippen LogP contribution in [0.15, 0.2) is 0 Å². The Morgan fingerprint density at radius 2 is 1.89 bits per heavy atom. The molecule has 1 saturated heterocycles. The zero-order chi connectivity index (χ0) is 13.7. The molecule has 2 rings (SSSR count). The van der Waals surface area contributed by atoms with Crippen LogP contribution in [0, 0.1) is 11.8 Å². The summed E-state index contributed by atoms with van der Waals surface area (Å²) in [7, 11) is 0. The third-order valence-corrected chi connectivity index (χ3v) is 3.51. The SMILES string of the molecule is O=C(O)C1CC1C(=O)N1CCC(O)(C(F)(F)F)C1. The van der Waals surface area contributed by atoms with E-state index in [9.17, 15) is 27.9 Å². The van der Waals surface area contributed by atoms with Crippen molar-refractivity contribution in [2.24, 2.45) is 11.8 Å². The van der Waals surface area contributed by atoms with E-state index < -0.39 is 48.5 Å². The number of aliphatic carboxylic acids is 1. The summed E-state index contributed by atoms with van der Waals surface area (Å²) in [6.45, 7) is -1.00. The number of rotatable bonds is 2. The Morgan fingerprint density at radius 3 is 2.28 bits per heavy atom. The number of amides is 1. The van der Waals surface area contributed by atoms with Gasteiger partial charge in [0.05, 0.1) is 18.4 Å². The molecule has 0 aromatic heterocycles. The maximum atomic E-state index is 12.5. The second kappa shape index (κ2) is 3.84. The van der Waals surface area contributed by atoms with Gasteiger partial charge in [0.25, 0.3) is 0 Å². The Kier molecular flexibility index (Phi) is 2.80. The average molecular weight is 267 g/mol. The quantitative estimate of drug-likeness (QED) is 0.751. The van der Waals surface area contributed by atoms with Gasteiger partial charge in [0.2, 0.25) is 5.91 Å². The average Bonchev–Trinajstić information content (AvgIpc) is 2.93. The van der Waals surface area contributed by atoms with Crippen LogP contribution in [-0.2, 0) is 9.59 Å². The summed E-state index contributed by atoms with van der Waals surface area (Å²) in [5.74, 6) is -3.25. The van der Waals surface area contributed by atoms with Gasteiger partial charge in [-0.3, -0.25) is 9.59 Å². The molecule has 1 amide bonds. The lowest BCUT2D eigenvalue weighted by Crippen LogP contribution is -2.48. The highest BCUT2D eigenvalue weighted by atomic mass is 19.4. The number of aliphatic hydroxyl groups is 1. The van der Waals surface area contributed by atoms with Gasteiger partial charge in [-0.1, -0.05) is 0 Å². The van der Waals surface area contributed by atoms with E-state index in [0.717, 1.165) is 4.90 Å². The molecule has 0 aromatic carbocycles. The Hall–Kier alpha value is -1.31. The van der Waals surface area contributed by atoms with Crippen molar-refractivity contribution in [3.05, 3.63) is 0 Å². The molecule has 1 aliphatic carbocycles. The molecule has 0 aromatic rings. The van der Waals surface area contributed by atoms with Crippen LogP contribution in [0.5, 0.6) is 0 Å². The Morgan fingerprint density at radius 1 is 1.28 bits per heavy atom. The van der Waals surface area contributed by atoms with Crippen molar-refractivity contribution in [3.63, 3.8) is 0 Å². The fourth-order valence-electron chi connectivity index (χ4n) is 2.19. The van der Waals surface area contributed by atoms with Gasteiger partial charge in [-0.2, -0.15) is 13.2 Å². The van der Waals surface area contributed by atoms with E-state index in [1.165, 1.54) is 0 Å². The van der Waals surface area contributed by atoms with Crippen molar-refractivity contribution >= 4 is 11.9 Å². The lowest BCUT2D eigenvalue weighted by Gasteiger charge is -2.25. The number of carbonyl (C=O) groups is 2. The predicted molar refractivity (Wildman–Crippen MR) is 51.4 cm³/mol. The van der Waals surface area contributed by atoms with Crippen LogP contribution in [0.1, 0.15) is 12.8 Å². The number of hydrogen-bond donors (Lipinski definition) is 2. The number of alkyl halides is 3. The van der Waals surface area contributed by atoms with Gasteiger partial charge >= 0.3 is 12.1 Å². The first-order valence-electron chi connectivity index (χ1n) is 5.46. The molecule has 0 bridgehead atoms. The highest BCUT2D eigenvalue weighted by Gasteiger charge is 2.59. The largest absolute Gasteiger partial charge is 0.481 e. The van der Waals surface area contributed by atoms with Crippen LogP contribution in [-0.4, -0.2) is 51.9 Å². The van der Waals surface area contributed by atoms with Crippen molar-refractivity contribution in [2.45, 2.75) is 24.6 Å². The van der Waals surface area contributed by atoms with Crippen molar-refractivity contribution in [2.75, 3.05) is 13.1 Å². The molecular weight excluding hydrogens is 255 g/mol. The first-order valence-corrected chi connectivity index (χ1v) is 5.46. The minimum Gasteiger partial charge on any atom is -0.481 e. The number of likely N-dealkylation sites (tertiary alicyclic amines) is 1. The van der Waals surface area contributed by atoms with Gasteiger partial charge in [-0.15, -0.1) is 0 Å². The van der Waals surface area contributed by atoms with Crippen LogP contribution in [0.2, 0.25) is 0 Å². The van der Waals surface area contributed by atoms with Crippen molar-refractivity contribution in [3.8, 4) is 0 Å². The molecule has 3 unspecified atom stereocenters. The molecule has 1 aliphatic heterocycles. The maximum Gasteiger partial charge on any atom is 0.419 e. The number of nitrogens with zero attached hydrogens (tertiary/aromatic N) is 1. The topological polar surface area (TPSA) is 77.8 Å². The van der Waals surface area contributed by atoms with Gasteiger partial charge in [0, 0.05) is 13.0 Å². The van der Waals surface area contributed by atoms with Crippen LogP contribution >= 0.6 is 0 Å². The van der Waals surface area contributed by atoms with E-state index in [1.54, 1.807) is 0 Å². The number of halogens is 3. The van der Waals surface area contributed by atoms with E-state index in [1.807, 2.05) is 0 Å². The third kappa shape index (κ3) is 2.05. The molecule has 18 heavy (non-hydrogen) atoms. The van der Waals surface area contributed by atoms with E-state index in [0.29, 0.717) is 0 Å². The lowest BCUT2D eigenvalue weighted by molar-refractivity contribution is -0.253. The van der Waals surface area contributed by atoms with Crippen molar-refractivity contribution in [1.82, 2.24) is 4.90 Å². The molecule has 1 heterocycles. The first-order chi connectivity index (χ1) is 8.16. The van der Waals surface area contributed by atoms with Crippen LogP contribution in [0.4, 0.5) is 13.2 Å². The highest BCUT2D eigenvalue weighted by Crippen LogP contribution is 2.43. The van der Waals surface area contributed by atoms with E-state index >= 15 is 0 Å². The minimum absolute atomic E-state index is 0.162. The molecule has 5 nitrogen and oxygen atoms in total. The molecule has 2 N–H and O–H groups in total. The normalized spacial score (nSPS) is 35.7. The number of carbonyl (C=O) groups excluding carboxylic acids is 1. The Labute approximate surface area is 100 Å². The number of carboxylic acid groups (broad SMARTS) is 1. The lowest BCUT2D eigenvalue weighted by atomic mass is 10.0. The fraction of sp³-hybridized carbons (Fsp3) is 0.800. The summed E-state index contributed by atoms with van der Waals surface area (Å²) >= 11 is 0. The monoisotopic (exact) mass is 267 g/mol. The molecule has 2 fully saturated rings. The predicted octanol–water partition coefficient (Wildman–Crippen LogP) is 0.233. The van der Waals surface area contributed by atoms with Crippen LogP contribution in [0.25, 0.3) is 0 Å². The summed E-state index contributed by atoms with van der Waals surface area (Å²) in [5.41, 5.74) is -2.86. The molecule has 2 aliphatic rings. The third-order valence-electron chi connectivity index (χ3n) is 3.51. The standard InChI is InChI=1S/C10H12F3NO4/c11-10(12,13)9(18)1-2-14(4-9)7(15)5-3-6(5)8(16)17/h5-6,18H,1-4H2,(H,16,17). The van der Waals surface area contributed by atoms with Crippen molar-refractivity contribution < 1.29 is 33.0 Å². The molecule has 0 spiro atoms. The van der Waals surface area contributed by atoms with Gasteiger partial charge in [-0.05, 0) is 6.42 Å². The summed E-state index contributed by atoms with van der Waals surface area (Å²) in [5, 5.41) is 18.0. The number of carboxylic acids is 1. The summed E-state index contributed by atoms with van der Waals surface area (Å²) in [6, 6.07) is 0. The van der Waals surface area contributed by atoms with Crippen LogP contribution in [0.3, 0.4) is 0 Å². The smallest absolute Gasteiger partial charge is 0.419 e. The Balaban J connectivity index is 1.98. The molecule has 8 heteroatoms. The Bertz CT molecular complexity index is 397. The highest BCUT2D eigenvalue weighted by molar-refractivity contribution is 5.89.